The summed E-state index contributed by atoms with van der Waals surface area (Å²) in [6.07, 6.45) is 8.87. The molecule has 4 aromatic rings. The summed E-state index contributed by atoms with van der Waals surface area (Å²) in [6, 6.07) is 23.2. The third-order valence-electron chi connectivity index (χ3n) is 9.96. The van der Waals surface area contributed by atoms with E-state index < -0.39 is 0 Å². The second-order valence-corrected chi connectivity index (χ2v) is 14.5. The normalized spacial score (nSPS) is 16.8. The van der Waals surface area contributed by atoms with E-state index in [4.69, 9.17) is 9.47 Å². The maximum atomic E-state index is 13.8. The molecular weight excluding hydrogens is 663 g/mol. The fourth-order valence-electron chi connectivity index (χ4n) is 7.02. The molecule has 2 aliphatic carbocycles. The summed E-state index contributed by atoms with van der Waals surface area (Å²) in [4.78, 5) is 52.1. The Balaban J connectivity index is 1.07. The van der Waals surface area contributed by atoms with Gasteiger partial charge in [0.25, 0.3) is 11.8 Å². The molecule has 2 aliphatic rings. The number of nitrogens with one attached hydrogen (secondary N) is 3. The first-order valence-corrected chi connectivity index (χ1v) is 18.6. The van der Waals surface area contributed by atoms with Gasteiger partial charge in [-0.05, 0) is 123 Å². The number of thiophene rings is 1. The van der Waals surface area contributed by atoms with E-state index in [-0.39, 0.29) is 29.7 Å². The van der Waals surface area contributed by atoms with Crippen molar-refractivity contribution in [3.63, 3.8) is 0 Å². The van der Waals surface area contributed by atoms with Gasteiger partial charge in [-0.1, -0.05) is 36.4 Å². The molecule has 3 aromatic carbocycles. The molecule has 1 saturated carbocycles. The largest absolute Gasteiger partial charge is 0.469 e. The van der Waals surface area contributed by atoms with Crippen LogP contribution in [0.25, 0.3) is 0 Å². The van der Waals surface area contributed by atoms with Crippen molar-refractivity contribution in [2.75, 3.05) is 24.9 Å². The zero-order chi connectivity index (χ0) is 35.7. The van der Waals surface area contributed by atoms with Crippen LogP contribution in [0.1, 0.15) is 96.7 Å². The van der Waals surface area contributed by atoms with Crippen LogP contribution in [0.3, 0.4) is 0 Å². The zero-order valence-electron chi connectivity index (χ0n) is 29.2. The van der Waals surface area contributed by atoms with Crippen molar-refractivity contribution < 1.29 is 28.7 Å². The van der Waals surface area contributed by atoms with Gasteiger partial charge in [0.05, 0.1) is 31.3 Å². The van der Waals surface area contributed by atoms with Gasteiger partial charge in [-0.3, -0.25) is 14.4 Å². The van der Waals surface area contributed by atoms with Crippen molar-refractivity contribution in [2.45, 2.75) is 76.8 Å². The number of hydrogen-bond acceptors (Lipinski definition) is 8. The minimum Gasteiger partial charge on any atom is -0.469 e. The lowest BCUT2D eigenvalue weighted by atomic mass is 9.86. The number of esters is 2. The van der Waals surface area contributed by atoms with Gasteiger partial charge in [0.1, 0.15) is 5.00 Å². The van der Waals surface area contributed by atoms with Crippen LogP contribution >= 0.6 is 11.3 Å². The van der Waals surface area contributed by atoms with Crippen molar-refractivity contribution in [3.05, 3.63) is 117 Å². The Morgan fingerprint density at radius 2 is 1.41 bits per heavy atom. The Bertz CT molecular complexity index is 1860. The Morgan fingerprint density at radius 3 is 2.10 bits per heavy atom. The Kier molecular flexibility index (Phi) is 12.0. The van der Waals surface area contributed by atoms with E-state index in [1.54, 1.807) is 18.2 Å². The SMILES string of the molecule is COC(=O)c1ccc(CCc2ccc(NC(=O)c3c(NC(=O)c4cccc(CN[C@H]5CC[C@H](C(=O)OC)CC5)c4)sc4c3CCCC4)cc2)cc1. The first-order valence-electron chi connectivity index (χ1n) is 17.7. The zero-order valence-corrected chi connectivity index (χ0v) is 30.0. The molecule has 0 aliphatic heterocycles. The molecule has 3 N–H and O–H groups in total. The average Bonchev–Trinajstić information content (AvgIpc) is 3.54. The van der Waals surface area contributed by atoms with E-state index in [0.717, 1.165) is 91.3 Å². The first kappa shape index (κ1) is 36.0. The molecule has 9 nitrogen and oxygen atoms in total. The van der Waals surface area contributed by atoms with Crippen LogP contribution in [0, 0.1) is 5.92 Å². The fraction of sp³-hybridized carbons (Fsp3) is 0.366. The number of benzene rings is 3. The third kappa shape index (κ3) is 9.11. The van der Waals surface area contributed by atoms with Gasteiger partial charge in [0.15, 0.2) is 0 Å². The van der Waals surface area contributed by atoms with Gasteiger partial charge < -0.3 is 25.4 Å². The number of hydrogen-bond donors (Lipinski definition) is 3. The van der Waals surface area contributed by atoms with Gasteiger partial charge in [0, 0.05) is 28.7 Å². The Morgan fingerprint density at radius 1 is 0.725 bits per heavy atom. The number of anilines is 2. The average molecular weight is 708 g/mol. The van der Waals surface area contributed by atoms with Crippen LogP contribution in [0.15, 0.2) is 72.8 Å². The highest BCUT2D eigenvalue weighted by atomic mass is 32.1. The first-order chi connectivity index (χ1) is 24.8. The van der Waals surface area contributed by atoms with E-state index in [0.29, 0.717) is 40.0 Å². The summed E-state index contributed by atoms with van der Waals surface area (Å²) in [5.41, 5.74) is 6.61. The summed E-state index contributed by atoms with van der Waals surface area (Å²) in [5, 5.41) is 10.3. The predicted molar refractivity (Wildman–Crippen MR) is 200 cm³/mol. The van der Waals surface area contributed by atoms with Crippen molar-refractivity contribution >= 4 is 45.8 Å². The Labute approximate surface area is 303 Å². The van der Waals surface area contributed by atoms with E-state index in [1.165, 1.54) is 25.6 Å². The van der Waals surface area contributed by atoms with Crippen LogP contribution in [-0.4, -0.2) is 44.0 Å². The highest BCUT2D eigenvalue weighted by molar-refractivity contribution is 7.17. The predicted octanol–water partition coefficient (Wildman–Crippen LogP) is 7.52. The van der Waals surface area contributed by atoms with Crippen LogP contribution < -0.4 is 16.0 Å². The highest BCUT2D eigenvalue weighted by Gasteiger charge is 2.28. The van der Waals surface area contributed by atoms with Crippen molar-refractivity contribution in [1.82, 2.24) is 5.32 Å². The van der Waals surface area contributed by atoms with Gasteiger partial charge in [-0.2, -0.15) is 0 Å². The van der Waals surface area contributed by atoms with Crippen LogP contribution in [0.2, 0.25) is 0 Å². The molecule has 0 bridgehead atoms. The molecule has 10 heteroatoms. The quantitative estimate of drug-likeness (QED) is 0.130. The standard InChI is InChI=1S/C41H45N3O6S/c1-49-40(47)29-16-12-26(13-17-29)10-11-27-14-20-33(21-15-27)43-38(46)36-34-8-3-4-9-35(34)51-39(36)44-37(45)31-7-5-6-28(24-31)25-42-32-22-18-30(19-23-32)41(48)50-2/h5-7,12-17,20-21,24,30,32,42H,3-4,8-11,18-19,22-23,25H2,1-2H3,(H,43,46)(H,44,45)/t30-,32-. The molecule has 0 atom stereocenters. The minimum absolute atomic E-state index is 0.0156. The number of rotatable bonds is 12. The summed E-state index contributed by atoms with van der Waals surface area (Å²) in [5.74, 6) is -0.948. The molecular formula is C41H45N3O6S. The van der Waals surface area contributed by atoms with Gasteiger partial charge in [-0.25, -0.2) is 4.79 Å². The van der Waals surface area contributed by atoms with Gasteiger partial charge in [0.2, 0.25) is 0 Å². The van der Waals surface area contributed by atoms with Crippen molar-refractivity contribution in [2.24, 2.45) is 5.92 Å². The second-order valence-electron chi connectivity index (χ2n) is 13.4. The van der Waals surface area contributed by atoms with Crippen LogP contribution in [0.4, 0.5) is 10.7 Å². The van der Waals surface area contributed by atoms with E-state index >= 15 is 0 Å². The molecule has 0 spiro atoms. The third-order valence-corrected chi connectivity index (χ3v) is 11.2. The number of aryl methyl sites for hydroxylation is 3. The molecule has 1 fully saturated rings. The lowest BCUT2D eigenvalue weighted by Crippen LogP contribution is -2.34. The lowest BCUT2D eigenvalue weighted by Gasteiger charge is -2.27. The number of carbonyl (C=O) groups excluding carboxylic acids is 4. The number of ether oxygens (including phenoxy) is 2. The van der Waals surface area contributed by atoms with Gasteiger partial charge in [-0.15, -0.1) is 11.3 Å². The van der Waals surface area contributed by atoms with E-state index in [1.807, 2.05) is 54.6 Å². The minimum atomic E-state index is -0.348. The maximum absolute atomic E-state index is 13.8. The molecule has 1 aromatic heterocycles. The number of fused-ring (bicyclic) bond motifs is 1. The van der Waals surface area contributed by atoms with Gasteiger partial charge >= 0.3 is 11.9 Å². The summed E-state index contributed by atoms with van der Waals surface area (Å²) in [6.45, 7) is 0.624. The van der Waals surface area contributed by atoms with E-state index in [9.17, 15) is 19.2 Å². The molecule has 1 heterocycles. The number of amides is 2. The number of methoxy groups -OCH3 is 2. The smallest absolute Gasteiger partial charge is 0.337 e. The molecule has 0 saturated heterocycles. The molecule has 266 valence electrons. The Hall–Kier alpha value is -4.80. The number of carbonyl (C=O) groups is 4. The topological polar surface area (TPSA) is 123 Å². The monoisotopic (exact) mass is 707 g/mol. The lowest BCUT2D eigenvalue weighted by molar-refractivity contribution is -0.146. The highest BCUT2D eigenvalue weighted by Crippen LogP contribution is 2.39. The summed E-state index contributed by atoms with van der Waals surface area (Å²) < 4.78 is 9.68. The van der Waals surface area contributed by atoms with Crippen LogP contribution in [-0.2, 0) is 46.5 Å². The molecule has 0 radical (unpaired) electrons. The van der Waals surface area contributed by atoms with Crippen molar-refractivity contribution in [3.8, 4) is 0 Å². The second kappa shape index (κ2) is 16.9. The van der Waals surface area contributed by atoms with Crippen molar-refractivity contribution in [1.29, 1.82) is 0 Å². The van der Waals surface area contributed by atoms with Crippen LogP contribution in [0.5, 0.6) is 0 Å². The fourth-order valence-corrected chi connectivity index (χ4v) is 8.30. The maximum Gasteiger partial charge on any atom is 0.337 e. The molecule has 0 unspecified atom stereocenters. The molecule has 51 heavy (non-hydrogen) atoms. The summed E-state index contributed by atoms with van der Waals surface area (Å²) in [7, 11) is 2.82. The molecule has 2 amide bonds. The van der Waals surface area contributed by atoms with E-state index in [2.05, 4.69) is 16.0 Å². The molecule has 6 rings (SSSR count). The summed E-state index contributed by atoms with van der Waals surface area (Å²) >= 11 is 1.51.